The number of halogens is 1. The van der Waals surface area contributed by atoms with Crippen LogP contribution in [0.1, 0.15) is 20.8 Å². The summed E-state index contributed by atoms with van der Waals surface area (Å²) in [6.45, 7) is 6.48. The summed E-state index contributed by atoms with van der Waals surface area (Å²) in [4.78, 5) is 13.5. The van der Waals surface area contributed by atoms with Crippen LogP contribution in [0.3, 0.4) is 0 Å². The van der Waals surface area contributed by atoms with Gasteiger partial charge in [0.2, 0.25) is 0 Å². The molecule has 2 fully saturated rings. The number of β-amino-alcohol motifs (C(OH)–C–C–N with tert-alkyl or cyclic N) is 1. The molecule has 7 heteroatoms. The minimum absolute atomic E-state index is 0. The Hall–Kier alpha value is -0.560. The molecule has 2 heterocycles. The molecule has 0 aromatic carbocycles. The standard InChI is InChI=1S/C11H20N2O4.ClH/c1-10(2,3)17-9(16)13-4-7(14)8(15)11(13)5-12-6-11;/h7-8,12,14-15H,4-6H2,1-3H3;1H. The molecular formula is C11H21ClN2O4. The third-order valence-electron chi connectivity index (χ3n) is 3.30. The van der Waals surface area contributed by atoms with Crippen molar-refractivity contribution in [2.45, 2.75) is 44.1 Å². The van der Waals surface area contributed by atoms with Crippen molar-refractivity contribution in [1.82, 2.24) is 10.2 Å². The number of nitrogens with zero attached hydrogens (tertiary/aromatic N) is 1. The first-order valence-corrected chi connectivity index (χ1v) is 5.84. The van der Waals surface area contributed by atoms with Gasteiger partial charge in [0.1, 0.15) is 11.7 Å². The quantitative estimate of drug-likeness (QED) is 0.569. The summed E-state index contributed by atoms with van der Waals surface area (Å²) in [7, 11) is 0. The maximum Gasteiger partial charge on any atom is 0.411 e. The van der Waals surface area contributed by atoms with Crippen molar-refractivity contribution in [3.63, 3.8) is 0 Å². The molecule has 0 radical (unpaired) electrons. The van der Waals surface area contributed by atoms with E-state index in [0.29, 0.717) is 13.1 Å². The minimum Gasteiger partial charge on any atom is -0.444 e. The van der Waals surface area contributed by atoms with Gasteiger partial charge in [-0.1, -0.05) is 0 Å². The molecule has 1 spiro atoms. The second-order valence-corrected chi connectivity index (χ2v) is 5.81. The van der Waals surface area contributed by atoms with Crippen molar-refractivity contribution in [1.29, 1.82) is 0 Å². The van der Waals surface area contributed by atoms with Gasteiger partial charge < -0.3 is 20.3 Å². The first-order chi connectivity index (χ1) is 7.76. The average molecular weight is 281 g/mol. The normalized spacial score (nSPS) is 29.7. The Morgan fingerprint density at radius 3 is 2.33 bits per heavy atom. The summed E-state index contributed by atoms with van der Waals surface area (Å²) < 4.78 is 5.29. The number of likely N-dealkylation sites (tertiary alicyclic amines) is 1. The van der Waals surface area contributed by atoms with E-state index in [9.17, 15) is 15.0 Å². The number of amides is 1. The highest BCUT2D eigenvalue weighted by Crippen LogP contribution is 2.34. The molecule has 2 unspecified atom stereocenters. The Labute approximate surface area is 113 Å². The maximum atomic E-state index is 12.0. The molecule has 1 amide bonds. The molecule has 0 aliphatic carbocycles. The van der Waals surface area contributed by atoms with E-state index in [0.717, 1.165) is 0 Å². The number of hydrogen-bond donors (Lipinski definition) is 3. The Bertz CT molecular complexity index is 327. The minimum atomic E-state index is -0.906. The second-order valence-electron chi connectivity index (χ2n) is 5.81. The summed E-state index contributed by atoms with van der Waals surface area (Å²) in [6, 6.07) is 0. The van der Waals surface area contributed by atoms with Gasteiger partial charge in [-0.05, 0) is 20.8 Å². The summed E-state index contributed by atoms with van der Waals surface area (Å²) in [5.74, 6) is 0. The first-order valence-electron chi connectivity index (χ1n) is 5.84. The molecule has 2 aliphatic heterocycles. The second kappa shape index (κ2) is 4.85. The SMILES string of the molecule is CC(C)(C)OC(=O)N1CC(O)C(O)C12CNC2.Cl. The highest BCUT2D eigenvalue weighted by Gasteiger charge is 2.59. The molecule has 106 valence electrons. The Morgan fingerprint density at radius 1 is 1.39 bits per heavy atom. The molecule has 2 rings (SSSR count). The highest BCUT2D eigenvalue weighted by atomic mass is 35.5. The number of carbonyl (C=O) groups is 1. The van der Waals surface area contributed by atoms with Gasteiger partial charge in [0.25, 0.3) is 0 Å². The molecule has 6 nitrogen and oxygen atoms in total. The monoisotopic (exact) mass is 280 g/mol. The predicted molar refractivity (Wildman–Crippen MR) is 67.8 cm³/mol. The lowest BCUT2D eigenvalue weighted by molar-refractivity contribution is -0.0463. The summed E-state index contributed by atoms with van der Waals surface area (Å²) >= 11 is 0. The third kappa shape index (κ3) is 2.42. The van der Waals surface area contributed by atoms with Gasteiger partial charge in [-0.15, -0.1) is 12.4 Å². The molecule has 18 heavy (non-hydrogen) atoms. The largest absolute Gasteiger partial charge is 0.444 e. The topological polar surface area (TPSA) is 82.0 Å². The van der Waals surface area contributed by atoms with Gasteiger partial charge in [0.15, 0.2) is 0 Å². The fraction of sp³-hybridized carbons (Fsp3) is 0.909. The van der Waals surface area contributed by atoms with Gasteiger partial charge in [0, 0.05) is 13.1 Å². The van der Waals surface area contributed by atoms with E-state index in [1.165, 1.54) is 4.90 Å². The highest BCUT2D eigenvalue weighted by molar-refractivity contribution is 5.85. The first kappa shape index (κ1) is 15.5. The molecule has 0 aromatic rings. The van der Waals surface area contributed by atoms with Crippen LogP contribution in [0.5, 0.6) is 0 Å². The summed E-state index contributed by atoms with van der Waals surface area (Å²) in [6.07, 6.45) is -2.28. The van der Waals surface area contributed by atoms with Crippen LogP contribution in [0.15, 0.2) is 0 Å². The number of aliphatic hydroxyl groups is 2. The number of aliphatic hydroxyl groups excluding tert-OH is 2. The van der Waals surface area contributed by atoms with Gasteiger partial charge in [0.05, 0.1) is 18.2 Å². The van der Waals surface area contributed by atoms with Crippen LogP contribution in [0, 0.1) is 0 Å². The molecule has 0 aromatic heterocycles. The molecule has 2 atom stereocenters. The Kier molecular flexibility index (Phi) is 4.17. The fourth-order valence-electron chi connectivity index (χ4n) is 2.34. The van der Waals surface area contributed by atoms with Crippen LogP contribution in [-0.2, 0) is 4.74 Å². The lowest BCUT2D eigenvalue weighted by Crippen LogP contribution is -2.72. The number of hydrogen-bond acceptors (Lipinski definition) is 5. The molecule has 2 aliphatic rings. The van der Waals surface area contributed by atoms with Gasteiger partial charge in [-0.25, -0.2) is 4.79 Å². The van der Waals surface area contributed by atoms with Crippen LogP contribution < -0.4 is 5.32 Å². The molecule has 0 bridgehead atoms. The lowest BCUT2D eigenvalue weighted by atomic mass is 9.86. The third-order valence-corrected chi connectivity index (χ3v) is 3.30. The van der Waals surface area contributed by atoms with Gasteiger partial charge in [-0.2, -0.15) is 0 Å². The van der Waals surface area contributed by atoms with Crippen molar-refractivity contribution in [3.8, 4) is 0 Å². The van der Waals surface area contributed by atoms with E-state index in [2.05, 4.69) is 5.32 Å². The van der Waals surface area contributed by atoms with Crippen LogP contribution in [0.25, 0.3) is 0 Å². The van der Waals surface area contributed by atoms with Gasteiger partial charge >= 0.3 is 6.09 Å². The summed E-state index contributed by atoms with van der Waals surface area (Å²) in [5.41, 5.74) is -1.27. The number of ether oxygens (including phenoxy) is 1. The van der Waals surface area contributed by atoms with Crippen molar-refractivity contribution >= 4 is 18.5 Å². The number of rotatable bonds is 0. The molecule has 3 N–H and O–H groups in total. The van der Waals surface area contributed by atoms with E-state index in [1.54, 1.807) is 20.8 Å². The molecular weight excluding hydrogens is 260 g/mol. The predicted octanol–water partition coefficient (Wildman–Crippen LogP) is -0.277. The summed E-state index contributed by atoms with van der Waals surface area (Å²) in [5, 5.41) is 22.7. The van der Waals surface area contributed by atoms with Crippen LogP contribution in [0.2, 0.25) is 0 Å². The van der Waals surface area contributed by atoms with Crippen molar-refractivity contribution < 1.29 is 19.7 Å². The average Bonchev–Trinajstić information content (AvgIpc) is 2.36. The van der Waals surface area contributed by atoms with E-state index < -0.39 is 29.4 Å². The van der Waals surface area contributed by atoms with E-state index >= 15 is 0 Å². The van der Waals surface area contributed by atoms with Gasteiger partial charge in [-0.3, -0.25) is 4.90 Å². The van der Waals surface area contributed by atoms with Crippen LogP contribution in [-0.4, -0.2) is 64.2 Å². The number of nitrogens with one attached hydrogen (secondary N) is 1. The Balaban J connectivity index is 0.00000162. The Morgan fingerprint density at radius 2 is 1.94 bits per heavy atom. The van der Waals surface area contributed by atoms with Crippen LogP contribution >= 0.6 is 12.4 Å². The lowest BCUT2D eigenvalue weighted by Gasteiger charge is -2.47. The van der Waals surface area contributed by atoms with E-state index in [4.69, 9.17) is 4.74 Å². The van der Waals surface area contributed by atoms with Crippen molar-refractivity contribution in [2.24, 2.45) is 0 Å². The van der Waals surface area contributed by atoms with E-state index in [-0.39, 0.29) is 19.0 Å². The van der Waals surface area contributed by atoms with Crippen molar-refractivity contribution in [3.05, 3.63) is 0 Å². The zero-order chi connectivity index (χ0) is 12.8. The van der Waals surface area contributed by atoms with E-state index in [1.807, 2.05) is 0 Å². The zero-order valence-corrected chi connectivity index (χ0v) is 11.7. The number of carbonyl (C=O) groups excluding carboxylic acids is 1. The van der Waals surface area contributed by atoms with Crippen molar-refractivity contribution in [2.75, 3.05) is 19.6 Å². The zero-order valence-electron chi connectivity index (χ0n) is 10.8. The van der Waals surface area contributed by atoms with Crippen LogP contribution in [0.4, 0.5) is 4.79 Å². The maximum absolute atomic E-state index is 12.0. The fourth-order valence-corrected chi connectivity index (χ4v) is 2.34. The molecule has 0 saturated carbocycles. The smallest absolute Gasteiger partial charge is 0.411 e. The molecule has 2 saturated heterocycles.